The fraction of sp³-hybridized carbons (Fsp3) is 0.150. The third kappa shape index (κ3) is 3.84. The molecule has 1 amide bonds. The first-order valence-corrected chi connectivity index (χ1v) is 10.3. The molecule has 0 fully saturated rings. The number of benzene rings is 1. The summed E-state index contributed by atoms with van der Waals surface area (Å²) in [5.74, 6) is 1.49. The molecule has 4 rings (SSSR count). The van der Waals surface area contributed by atoms with Gasteiger partial charge in [0.05, 0.1) is 10.3 Å². The number of fused-ring (bicyclic) bond motifs is 1. The number of nitrogens with zero attached hydrogens (tertiary/aromatic N) is 2. The monoisotopic (exact) mass is 394 g/mol. The lowest BCUT2D eigenvalue weighted by Gasteiger charge is -2.10. The highest BCUT2D eigenvalue weighted by molar-refractivity contribution is 7.17. The maximum absolute atomic E-state index is 11.1. The Bertz CT molecular complexity index is 1060. The van der Waals surface area contributed by atoms with Gasteiger partial charge in [-0.25, -0.2) is 9.97 Å². The SMILES string of the molecule is CC(=O)NCCNc1nc(-c2cccs2)nc2scc(-c3ccccc3)c12. The van der Waals surface area contributed by atoms with E-state index >= 15 is 0 Å². The van der Waals surface area contributed by atoms with Gasteiger partial charge >= 0.3 is 0 Å². The fourth-order valence-electron chi connectivity index (χ4n) is 2.84. The molecule has 3 aromatic heterocycles. The number of aromatic nitrogens is 2. The number of hydrogen-bond donors (Lipinski definition) is 2. The Labute approximate surface area is 165 Å². The maximum Gasteiger partial charge on any atom is 0.216 e. The largest absolute Gasteiger partial charge is 0.368 e. The minimum absolute atomic E-state index is 0.0376. The second-order valence-electron chi connectivity index (χ2n) is 5.98. The van der Waals surface area contributed by atoms with E-state index in [1.165, 1.54) is 6.92 Å². The van der Waals surface area contributed by atoms with E-state index < -0.39 is 0 Å². The van der Waals surface area contributed by atoms with Gasteiger partial charge in [-0.3, -0.25) is 4.79 Å². The van der Waals surface area contributed by atoms with Gasteiger partial charge in [-0.1, -0.05) is 36.4 Å². The Hall–Kier alpha value is -2.77. The minimum Gasteiger partial charge on any atom is -0.368 e. The van der Waals surface area contributed by atoms with Crippen LogP contribution in [0, 0.1) is 0 Å². The third-order valence-corrected chi connectivity index (χ3v) is 5.79. The van der Waals surface area contributed by atoms with Gasteiger partial charge in [0.15, 0.2) is 5.82 Å². The molecule has 2 N–H and O–H groups in total. The van der Waals surface area contributed by atoms with Gasteiger partial charge < -0.3 is 10.6 Å². The van der Waals surface area contributed by atoms with Crippen LogP contribution in [0.3, 0.4) is 0 Å². The van der Waals surface area contributed by atoms with Gasteiger partial charge in [-0.15, -0.1) is 22.7 Å². The van der Waals surface area contributed by atoms with E-state index in [2.05, 4.69) is 28.1 Å². The molecule has 3 heterocycles. The first kappa shape index (κ1) is 17.6. The number of rotatable bonds is 6. The lowest BCUT2D eigenvalue weighted by atomic mass is 10.1. The molecule has 0 aliphatic carbocycles. The average Bonchev–Trinajstić information content (AvgIpc) is 3.35. The second kappa shape index (κ2) is 7.85. The van der Waals surface area contributed by atoms with Crippen LogP contribution in [0.15, 0.2) is 53.2 Å². The second-order valence-corrected chi connectivity index (χ2v) is 7.78. The number of anilines is 1. The summed E-state index contributed by atoms with van der Waals surface area (Å²) in [7, 11) is 0. The number of carbonyl (C=O) groups excluding carboxylic acids is 1. The van der Waals surface area contributed by atoms with Gasteiger partial charge in [-0.05, 0) is 17.0 Å². The number of hydrogen-bond acceptors (Lipinski definition) is 6. The van der Waals surface area contributed by atoms with E-state index in [9.17, 15) is 4.79 Å². The third-order valence-electron chi connectivity index (χ3n) is 4.05. The highest BCUT2D eigenvalue weighted by Crippen LogP contribution is 2.38. The molecule has 0 saturated carbocycles. The van der Waals surface area contributed by atoms with Crippen molar-refractivity contribution >= 4 is 44.6 Å². The number of amides is 1. The van der Waals surface area contributed by atoms with Crippen LogP contribution in [0.25, 0.3) is 32.0 Å². The van der Waals surface area contributed by atoms with E-state index in [0.717, 1.165) is 37.9 Å². The number of carbonyl (C=O) groups is 1. The zero-order valence-corrected chi connectivity index (χ0v) is 16.4. The smallest absolute Gasteiger partial charge is 0.216 e. The van der Waals surface area contributed by atoms with Crippen molar-refractivity contribution in [3.8, 4) is 21.8 Å². The molecule has 0 saturated heterocycles. The Balaban J connectivity index is 1.77. The van der Waals surface area contributed by atoms with E-state index in [-0.39, 0.29) is 5.91 Å². The van der Waals surface area contributed by atoms with Crippen molar-refractivity contribution in [2.45, 2.75) is 6.92 Å². The molecule has 4 aromatic rings. The molecular weight excluding hydrogens is 376 g/mol. The Morgan fingerprint density at radius 1 is 1.04 bits per heavy atom. The van der Waals surface area contributed by atoms with Crippen LogP contribution in [0.4, 0.5) is 5.82 Å². The minimum atomic E-state index is -0.0376. The summed E-state index contributed by atoms with van der Waals surface area (Å²) in [4.78, 5) is 22.7. The number of nitrogens with one attached hydrogen (secondary N) is 2. The summed E-state index contributed by atoms with van der Waals surface area (Å²) in [6, 6.07) is 14.3. The number of thiophene rings is 2. The van der Waals surface area contributed by atoms with Crippen LogP contribution in [-0.2, 0) is 4.79 Å². The zero-order chi connectivity index (χ0) is 18.6. The Morgan fingerprint density at radius 3 is 2.63 bits per heavy atom. The van der Waals surface area contributed by atoms with Crippen LogP contribution in [0.2, 0.25) is 0 Å². The van der Waals surface area contributed by atoms with Crippen LogP contribution in [-0.4, -0.2) is 29.0 Å². The van der Waals surface area contributed by atoms with Crippen LogP contribution >= 0.6 is 22.7 Å². The van der Waals surface area contributed by atoms with Crippen molar-refractivity contribution in [3.63, 3.8) is 0 Å². The lowest BCUT2D eigenvalue weighted by Crippen LogP contribution is -2.26. The summed E-state index contributed by atoms with van der Waals surface area (Å²) in [6.45, 7) is 2.66. The van der Waals surface area contributed by atoms with Crippen LogP contribution in [0.1, 0.15) is 6.92 Å². The van der Waals surface area contributed by atoms with Crippen molar-refractivity contribution < 1.29 is 4.79 Å². The summed E-state index contributed by atoms with van der Waals surface area (Å²) >= 11 is 3.25. The molecule has 0 spiro atoms. The quantitative estimate of drug-likeness (QED) is 0.468. The van der Waals surface area contributed by atoms with Gasteiger partial charge in [0.25, 0.3) is 0 Å². The molecule has 0 aliphatic heterocycles. The van der Waals surface area contributed by atoms with Crippen molar-refractivity contribution in [3.05, 3.63) is 53.2 Å². The predicted octanol–water partition coefficient (Wildman–Crippen LogP) is 4.63. The fourth-order valence-corrected chi connectivity index (χ4v) is 4.44. The van der Waals surface area contributed by atoms with Crippen molar-refractivity contribution in [2.75, 3.05) is 18.4 Å². The first-order chi connectivity index (χ1) is 13.2. The van der Waals surface area contributed by atoms with Crippen molar-refractivity contribution in [2.24, 2.45) is 0 Å². The molecule has 0 aliphatic rings. The summed E-state index contributed by atoms with van der Waals surface area (Å²) in [5.41, 5.74) is 2.26. The Kier molecular flexibility index (Phi) is 5.13. The molecule has 0 bridgehead atoms. The van der Waals surface area contributed by atoms with Crippen molar-refractivity contribution in [1.29, 1.82) is 0 Å². The van der Waals surface area contributed by atoms with E-state index in [1.54, 1.807) is 22.7 Å². The van der Waals surface area contributed by atoms with Crippen LogP contribution in [0.5, 0.6) is 0 Å². The standard InChI is InChI=1S/C20H18N4OS2/c1-13(25)21-9-10-22-19-17-15(14-6-3-2-4-7-14)12-27-20(17)24-18(23-19)16-8-5-11-26-16/h2-8,11-12H,9-10H2,1H3,(H,21,25)(H,22,23,24). The van der Waals surface area contributed by atoms with Crippen LogP contribution < -0.4 is 10.6 Å². The van der Waals surface area contributed by atoms with E-state index in [1.807, 2.05) is 35.7 Å². The van der Waals surface area contributed by atoms with Gasteiger partial charge in [0.1, 0.15) is 10.6 Å². The van der Waals surface area contributed by atoms with Crippen molar-refractivity contribution in [1.82, 2.24) is 15.3 Å². The molecule has 136 valence electrons. The average molecular weight is 395 g/mol. The molecule has 7 heteroatoms. The van der Waals surface area contributed by atoms with E-state index in [4.69, 9.17) is 9.97 Å². The molecule has 27 heavy (non-hydrogen) atoms. The molecule has 0 atom stereocenters. The van der Waals surface area contributed by atoms with Gasteiger partial charge in [0.2, 0.25) is 5.91 Å². The molecule has 5 nitrogen and oxygen atoms in total. The van der Waals surface area contributed by atoms with E-state index in [0.29, 0.717) is 13.1 Å². The highest BCUT2D eigenvalue weighted by atomic mass is 32.1. The highest BCUT2D eigenvalue weighted by Gasteiger charge is 2.16. The molecule has 0 radical (unpaired) electrons. The molecule has 1 aromatic carbocycles. The molecular formula is C20H18N4OS2. The predicted molar refractivity (Wildman–Crippen MR) is 113 cm³/mol. The maximum atomic E-state index is 11.1. The summed E-state index contributed by atoms with van der Waals surface area (Å²) < 4.78 is 0. The zero-order valence-electron chi connectivity index (χ0n) is 14.7. The lowest BCUT2D eigenvalue weighted by molar-refractivity contribution is -0.118. The van der Waals surface area contributed by atoms with Gasteiger partial charge in [0, 0.05) is 31.0 Å². The summed E-state index contributed by atoms with van der Waals surface area (Å²) in [5, 5.41) is 11.4. The van der Waals surface area contributed by atoms with Gasteiger partial charge in [-0.2, -0.15) is 0 Å². The first-order valence-electron chi connectivity index (χ1n) is 8.59. The summed E-state index contributed by atoms with van der Waals surface area (Å²) in [6.07, 6.45) is 0. The topological polar surface area (TPSA) is 66.9 Å². The molecule has 0 unspecified atom stereocenters. The Morgan fingerprint density at radius 2 is 1.89 bits per heavy atom. The normalized spacial score (nSPS) is 10.9.